The fourth-order valence-corrected chi connectivity index (χ4v) is 1.80. The van der Waals surface area contributed by atoms with E-state index in [1.807, 2.05) is 43.0 Å². The van der Waals surface area contributed by atoms with Crippen LogP contribution in [0.2, 0.25) is 0 Å². The van der Waals surface area contributed by atoms with Crippen molar-refractivity contribution < 1.29 is 9.53 Å². The summed E-state index contributed by atoms with van der Waals surface area (Å²) < 4.78 is 5.62. The molecule has 0 radical (unpaired) electrons. The Labute approximate surface area is 122 Å². The molecule has 0 unspecified atom stereocenters. The number of nitrogens with one attached hydrogen (secondary N) is 1. The topological polar surface area (TPSA) is 41.6 Å². The number of hydrogen-bond donors (Lipinski definition) is 1. The molecule has 112 valence electrons. The number of benzene rings is 1. The minimum atomic E-state index is 0.120. The first-order valence-electron chi connectivity index (χ1n) is 7.31. The maximum absolute atomic E-state index is 11.9. The minimum absolute atomic E-state index is 0.120. The first kappa shape index (κ1) is 16.3. The summed E-state index contributed by atoms with van der Waals surface area (Å²) in [5, 5.41) is 3.14. The smallest absolute Gasteiger partial charge is 0.241 e. The predicted molar refractivity (Wildman–Crippen MR) is 83.2 cm³/mol. The molecule has 0 heterocycles. The molecule has 1 aromatic rings. The summed E-state index contributed by atoms with van der Waals surface area (Å²) in [6.45, 7) is 10.8. The van der Waals surface area contributed by atoms with Gasteiger partial charge in [-0.05, 0) is 44.0 Å². The van der Waals surface area contributed by atoms with Crippen molar-refractivity contribution in [3.05, 3.63) is 24.3 Å². The predicted octanol–water partition coefficient (Wildman–Crippen LogP) is 3.00. The Bertz CT molecular complexity index is 397. The van der Waals surface area contributed by atoms with Gasteiger partial charge in [-0.15, -0.1) is 0 Å². The van der Waals surface area contributed by atoms with Crippen molar-refractivity contribution >= 4 is 11.6 Å². The van der Waals surface area contributed by atoms with Crippen molar-refractivity contribution in [3.63, 3.8) is 0 Å². The lowest BCUT2D eigenvalue weighted by Crippen LogP contribution is -2.35. The Morgan fingerprint density at radius 1 is 1.20 bits per heavy atom. The third-order valence-corrected chi connectivity index (χ3v) is 3.00. The largest absolute Gasteiger partial charge is 0.493 e. The SMILES string of the molecule is CCN(CC)C(=O)CNc1ccc(OCC(C)C)cc1. The molecular formula is C16H26N2O2. The molecule has 1 rings (SSSR count). The highest BCUT2D eigenvalue weighted by Crippen LogP contribution is 2.16. The Morgan fingerprint density at radius 3 is 2.30 bits per heavy atom. The van der Waals surface area contributed by atoms with Gasteiger partial charge >= 0.3 is 0 Å². The second-order valence-corrected chi connectivity index (χ2v) is 5.15. The van der Waals surface area contributed by atoms with Gasteiger partial charge in [-0.25, -0.2) is 0 Å². The van der Waals surface area contributed by atoms with Crippen LogP contribution in [0.3, 0.4) is 0 Å². The van der Waals surface area contributed by atoms with Gasteiger partial charge in [0.1, 0.15) is 5.75 Å². The van der Waals surface area contributed by atoms with Crippen molar-refractivity contribution in [2.24, 2.45) is 5.92 Å². The van der Waals surface area contributed by atoms with Crippen LogP contribution in [-0.4, -0.2) is 37.0 Å². The van der Waals surface area contributed by atoms with E-state index >= 15 is 0 Å². The summed E-state index contributed by atoms with van der Waals surface area (Å²) in [4.78, 5) is 13.7. The maximum atomic E-state index is 11.9. The third kappa shape index (κ3) is 5.51. The van der Waals surface area contributed by atoms with Crippen molar-refractivity contribution in [2.75, 3.05) is 31.6 Å². The fourth-order valence-electron chi connectivity index (χ4n) is 1.80. The normalized spacial score (nSPS) is 10.4. The van der Waals surface area contributed by atoms with Crippen LogP contribution in [0.1, 0.15) is 27.7 Å². The van der Waals surface area contributed by atoms with E-state index in [4.69, 9.17) is 4.74 Å². The van der Waals surface area contributed by atoms with Crippen LogP contribution < -0.4 is 10.1 Å². The molecule has 0 aliphatic carbocycles. The van der Waals surface area contributed by atoms with Gasteiger partial charge in [0, 0.05) is 18.8 Å². The molecule has 0 aliphatic rings. The van der Waals surface area contributed by atoms with Crippen LogP contribution >= 0.6 is 0 Å². The molecule has 0 saturated heterocycles. The molecule has 0 spiro atoms. The fraction of sp³-hybridized carbons (Fsp3) is 0.562. The van der Waals surface area contributed by atoms with E-state index in [0.29, 0.717) is 19.1 Å². The van der Waals surface area contributed by atoms with Gasteiger partial charge in [0.15, 0.2) is 0 Å². The molecular weight excluding hydrogens is 252 g/mol. The maximum Gasteiger partial charge on any atom is 0.241 e. The average Bonchev–Trinajstić information content (AvgIpc) is 2.45. The van der Waals surface area contributed by atoms with Gasteiger partial charge < -0.3 is 15.0 Å². The lowest BCUT2D eigenvalue weighted by atomic mass is 10.2. The summed E-state index contributed by atoms with van der Waals surface area (Å²) in [6.07, 6.45) is 0. The molecule has 4 heteroatoms. The Hall–Kier alpha value is -1.71. The van der Waals surface area contributed by atoms with Crippen LogP contribution in [-0.2, 0) is 4.79 Å². The average molecular weight is 278 g/mol. The molecule has 0 atom stereocenters. The van der Waals surface area contributed by atoms with E-state index in [1.54, 1.807) is 0 Å². The molecule has 1 amide bonds. The highest BCUT2D eigenvalue weighted by atomic mass is 16.5. The molecule has 20 heavy (non-hydrogen) atoms. The molecule has 4 nitrogen and oxygen atoms in total. The van der Waals surface area contributed by atoms with E-state index in [9.17, 15) is 4.79 Å². The van der Waals surface area contributed by atoms with Crippen LogP contribution in [0.5, 0.6) is 5.75 Å². The summed E-state index contributed by atoms with van der Waals surface area (Å²) in [7, 11) is 0. The number of nitrogens with zero attached hydrogens (tertiary/aromatic N) is 1. The summed E-state index contributed by atoms with van der Waals surface area (Å²) >= 11 is 0. The Balaban J connectivity index is 2.43. The first-order valence-corrected chi connectivity index (χ1v) is 7.31. The van der Waals surface area contributed by atoms with E-state index in [-0.39, 0.29) is 5.91 Å². The molecule has 0 fully saturated rings. The van der Waals surface area contributed by atoms with E-state index < -0.39 is 0 Å². The number of anilines is 1. The Kier molecular flexibility index (Phi) is 6.91. The number of carbonyl (C=O) groups is 1. The zero-order valence-corrected chi connectivity index (χ0v) is 13.0. The number of likely N-dealkylation sites (N-methyl/N-ethyl adjacent to an activating group) is 1. The molecule has 0 aromatic heterocycles. The highest BCUT2D eigenvalue weighted by molar-refractivity contribution is 5.80. The van der Waals surface area contributed by atoms with Gasteiger partial charge in [0.25, 0.3) is 0 Å². The number of amides is 1. The zero-order valence-electron chi connectivity index (χ0n) is 13.0. The molecule has 1 aromatic carbocycles. The number of hydrogen-bond acceptors (Lipinski definition) is 3. The first-order chi connectivity index (χ1) is 9.56. The second kappa shape index (κ2) is 8.46. The van der Waals surface area contributed by atoms with Crippen molar-refractivity contribution in [2.45, 2.75) is 27.7 Å². The third-order valence-electron chi connectivity index (χ3n) is 3.00. The molecule has 0 aliphatic heterocycles. The van der Waals surface area contributed by atoms with Crippen LogP contribution in [0.4, 0.5) is 5.69 Å². The Morgan fingerprint density at radius 2 is 1.80 bits per heavy atom. The second-order valence-electron chi connectivity index (χ2n) is 5.15. The lowest BCUT2D eigenvalue weighted by Gasteiger charge is -2.19. The van der Waals surface area contributed by atoms with E-state index in [1.165, 1.54) is 0 Å². The van der Waals surface area contributed by atoms with Crippen LogP contribution in [0, 0.1) is 5.92 Å². The monoisotopic (exact) mass is 278 g/mol. The quantitative estimate of drug-likeness (QED) is 0.795. The highest BCUT2D eigenvalue weighted by Gasteiger charge is 2.08. The standard InChI is InChI=1S/C16H26N2O2/c1-5-18(6-2)16(19)11-17-14-7-9-15(10-8-14)20-12-13(3)4/h7-10,13,17H,5-6,11-12H2,1-4H3. The number of carbonyl (C=O) groups excluding carboxylic acids is 1. The van der Waals surface area contributed by atoms with Crippen molar-refractivity contribution in [1.29, 1.82) is 0 Å². The minimum Gasteiger partial charge on any atom is -0.493 e. The van der Waals surface area contributed by atoms with Gasteiger partial charge in [0.05, 0.1) is 13.2 Å². The molecule has 0 saturated carbocycles. The van der Waals surface area contributed by atoms with Crippen molar-refractivity contribution in [1.82, 2.24) is 4.90 Å². The number of ether oxygens (including phenoxy) is 1. The molecule has 1 N–H and O–H groups in total. The number of rotatable bonds is 8. The van der Waals surface area contributed by atoms with Gasteiger partial charge in [0.2, 0.25) is 5.91 Å². The van der Waals surface area contributed by atoms with Gasteiger partial charge in [-0.2, -0.15) is 0 Å². The van der Waals surface area contributed by atoms with Gasteiger partial charge in [-0.3, -0.25) is 4.79 Å². The zero-order chi connectivity index (χ0) is 15.0. The van der Waals surface area contributed by atoms with E-state index in [2.05, 4.69) is 19.2 Å². The van der Waals surface area contributed by atoms with Crippen LogP contribution in [0.15, 0.2) is 24.3 Å². The summed E-state index contributed by atoms with van der Waals surface area (Å²) in [6, 6.07) is 7.72. The van der Waals surface area contributed by atoms with Crippen LogP contribution in [0.25, 0.3) is 0 Å². The summed E-state index contributed by atoms with van der Waals surface area (Å²) in [5.41, 5.74) is 0.933. The van der Waals surface area contributed by atoms with Crippen molar-refractivity contribution in [3.8, 4) is 5.75 Å². The molecule has 0 bridgehead atoms. The van der Waals surface area contributed by atoms with E-state index in [0.717, 1.165) is 24.5 Å². The lowest BCUT2D eigenvalue weighted by molar-refractivity contribution is -0.128. The summed E-state index contributed by atoms with van der Waals surface area (Å²) in [5.74, 6) is 1.49. The van der Waals surface area contributed by atoms with Gasteiger partial charge in [-0.1, -0.05) is 13.8 Å².